The molecule has 114 valence electrons. The molecule has 0 aliphatic rings. The molecule has 0 saturated heterocycles. The molecule has 0 bridgehead atoms. The standard InChI is InChI=1S/C14H19N3O2S2/c1-4-10(13-15-5-6-20-13)17-11(9(2)3)7-16-14(17)21-8-12(18)19/h5-7,9-10H,4,8H2,1-3H3,(H,18,19). The number of carboxylic acid groups (broad SMARTS) is 1. The molecular formula is C14H19N3O2S2. The van der Waals surface area contributed by atoms with Crippen molar-refractivity contribution in [2.45, 2.75) is 44.3 Å². The van der Waals surface area contributed by atoms with E-state index in [1.165, 1.54) is 11.8 Å². The number of hydrogen-bond donors (Lipinski definition) is 1. The van der Waals surface area contributed by atoms with E-state index in [-0.39, 0.29) is 11.8 Å². The molecule has 0 aromatic carbocycles. The average molecular weight is 325 g/mol. The molecule has 2 aromatic rings. The third-order valence-electron chi connectivity index (χ3n) is 3.14. The molecule has 1 atom stereocenters. The fourth-order valence-corrected chi connectivity index (χ4v) is 3.76. The lowest BCUT2D eigenvalue weighted by molar-refractivity contribution is -0.133. The SMILES string of the molecule is CCC(c1nccs1)n1c(C(C)C)cnc1SCC(=O)O. The molecular weight excluding hydrogens is 306 g/mol. The Labute approximate surface area is 132 Å². The summed E-state index contributed by atoms with van der Waals surface area (Å²) in [6.07, 6.45) is 4.55. The number of aromatic nitrogens is 3. The van der Waals surface area contributed by atoms with Gasteiger partial charge in [-0.15, -0.1) is 11.3 Å². The van der Waals surface area contributed by atoms with Crippen molar-refractivity contribution in [2.75, 3.05) is 5.75 Å². The van der Waals surface area contributed by atoms with E-state index < -0.39 is 5.97 Å². The number of nitrogens with zero attached hydrogens (tertiary/aromatic N) is 3. The maximum Gasteiger partial charge on any atom is 0.313 e. The molecule has 0 saturated carbocycles. The highest BCUT2D eigenvalue weighted by atomic mass is 32.2. The van der Waals surface area contributed by atoms with Gasteiger partial charge in [0.05, 0.1) is 11.8 Å². The Hall–Kier alpha value is -1.34. The van der Waals surface area contributed by atoms with Crippen molar-refractivity contribution in [2.24, 2.45) is 0 Å². The van der Waals surface area contributed by atoms with E-state index in [1.54, 1.807) is 17.5 Å². The van der Waals surface area contributed by atoms with Crippen LogP contribution in [0.1, 0.15) is 49.9 Å². The second kappa shape index (κ2) is 7.09. The molecule has 5 nitrogen and oxygen atoms in total. The van der Waals surface area contributed by atoms with Gasteiger partial charge < -0.3 is 9.67 Å². The van der Waals surface area contributed by atoms with E-state index in [0.29, 0.717) is 5.92 Å². The third-order valence-corrected chi connectivity index (χ3v) is 4.97. The van der Waals surface area contributed by atoms with Crippen molar-refractivity contribution >= 4 is 29.1 Å². The van der Waals surface area contributed by atoms with Gasteiger partial charge in [-0.2, -0.15) is 0 Å². The molecule has 0 amide bonds. The number of aliphatic carboxylic acids is 1. The van der Waals surface area contributed by atoms with Crippen LogP contribution in [0.25, 0.3) is 0 Å². The number of hydrogen-bond acceptors (Lipinski definition) is 5. The van der Waals surface area contributed by atoms with Crippen LogP contribution in [0.4, 0.5) is 0 Å². The summed E-state index contributed by atoms with van der Waals surface area (Å²) in [7, 11) is 0. The molecule has 0 aliphatic carbocycles. The molecule has 0 radical (unpaired) electrons. The second-order valence-electron chi connectivity index (χ2n) is 4.97. The van der Waals surface area contributed by atoms with Gasteiger partial charge in [-0.05, 0) is 12.3 Å². The topological polar surface area (TPSA) is 68.0 Å². The predicted octanol–water partition coefficient (Wildman–Crippen LogP) is 3.64. The minimum atomic E-state index is -0.831. The monoisotopic (exact) mass is 325 g/mol. The molecule has 2 heterocycles. The lowest BCUT2D eigenvalue weighted by Gasteiger charge is -2.21. The van der Waals surface area contributed by atoms with Gasteiger partial charge in [0.2, 0.25) is 0 Å². The van der Waals surface area contributed by atoms with E-state index in [1.807, 2.05) is 11.6 Å². The molecule has 1 N–H and O–H groups in total. The van der Waals surface area contributed by atoms with Crippen LogP contribution in [0.3, 0.4) is 0 Å². The Balaban J connectivity index is 2.42. The van der Waals surface area contributed by atoms with E-state index in [2.05, 4.69) is 35.3 Å². The first kappa shape index (κ1) is 16.0. The fraction of sp³-hybridized carbons (Fsp3) is 0.500. The highest BCUT2D eigenvalue weighted by Gasteiger charge is 2.23. The summed E-state index contributed by atoms with van der Waals surface area (Å²) in [4.78, 5) is 19.7. The number of thioether (sulfide) groups is 1. The van der Waals surface area contributed by atoms with Crippen LogP contribution in [-0.2, 0) is 4.79 Å². The minimum Gasteiger partial charge on any atom is -0.481 e. The molecule has 7 heteroatoms. The van der Waals surface area contributed by atoms with Gasteiger partial charge in [-0.25, -0.2) is 9.97 Å². The largest absolute Gasteiger partial charge is 0.481 e. The predicted molar refractivity (Wildman–Crippen MR) is 85.2 cm³/mol. The maximum absolute atomic E-state index is 10.8. The van der Waals surface area contributed by atoms with Gasteiger partial charge in [-0.1, -0.05) is 32.5 Å². The van der Waals surface area contributed by atoms with Crippen LogP contribution in [-0.4, -0.2) is 31.4 Å². The fourth-order valence-electron chi connectivity index (χ4n) is 2.20. The van der Waals surface area contributed by atoms with Crippen LogP contribution < -0.4 is 0 Å². The lowest BCUT2D eigenvalue weighted by Crippen LogP contribution is -2.15. The number of carboxylic acids is 1. The minimum absolute atomic E-state index is 0.0167. The summed E-state index contributed by atoms with van der Waals surface area (Å²) < 4.78 is 2.15. The van der Waals surface area contributed by atoms with Crippen LogP contribution in [0.2, 0.25) is 0 Å². The molecule has 0 aliphatic heterocycles. The third kappa shape index (κ3) is 3.65. The van der Waals surface area contributed by atoms with E-state index in [9.17, 15) is 4.79 Å². The molecule has 2 rings (SSSR count). The Kier molecular flexibility index (Phi) is 5.41. The summed E-state index contributed by atoms with van der Waals surface area (Å²) in [5.74, 6) is -0.489. The summed E-state index contributed by atoms with van der Waals surface area (Å²) in [6, 6.07) is 0.112. The van der Waals surface area contributed by atoms with Crippen molar-refractivity contribution in [3.63, 3.8) is 0 Å². The zero-order chi connectivity index (χ0) is 15.4. The lowest BCUT2D eigenvalue weighted by atomic mass is 10.1. The van der Waals surface area contributed by atoms with Gasteiger partial charge in [0.25, 0.3) is 0 Å². The summed E-state index contributed by atoms with van der Waals surface area (Å²) in [5.41, 5.74) is 1.12. The van der Waals surface area contributed by atoms with Gasteiger partial charge in [0, 0.05) is 23.5 Å². The first-order valence-corrected chi connectivity index (χ1v) is 8.72. The van der Waals surface area contributed by atoms with Gasteiger partial charge >= 0.3 is 5.97 Å². The van der Waals surface area contributed by atoms with Crippen LogP contribution >= 0.6 is 23.1 Å². The summed E-state index contributed by atoms with van der Waals surface area (Å²) in [6.45, 7) is 6.35. The van der Waals surface area contributed by atoms with Crippen molar-refractivity contribution in [3.8, 4) is 0 Å². The zero-order valence-corrected chi connectivity index (χ0v) is 13.9. The zero-order valence-electron chi connectivity index (χ0n) is 12.3. The van der Waals surface area contributed by atoms with Crippen LogP contribution in [0, 0.1) is 0 Å². The van der Waals surface area contributed by atoms with Crippen LogP contribution in [0.5, 0.6) is 0 Å². The first-order valence-electron chi connectivity index (χ1n) is 6.85. The Morgan fingerprint density at radius 3 is 2.76 bits per heavy atom. The summed E-state index contributed by atoms with van der Waals surface area (Å²) in [5, 5.41) is 12.6. The smallest absolute Gasteiger partial charge is 0.313 e. The molecule has 0 spiro atoms. The highest BCUT2D eigenvalue weighted by Crippen LogP contribution is 2.33. The second-order valence-corrected chi connectivity index (χ2v) is 6.84. The van der Waals surface area contributed by atoms with Crippen molar-refractivity contribution < 1.29 is 9.90 Å². The van der Waals surface area contributed by atoms with Gasteiger partial charge in [0.1, 0.15) is 5.01 Å². The highest BCUT2D eigenvalue weighted by molar-refractivity contribution is 7.99. The Morgan fingerprint density at radius 2 is 2.24 bits per heavy atom. The van der Waals surface area contributed by atoms with Crippen molar-refractivity contribution in [1.82, 2.24) is 14.5 Å². The Bertz CT molecular complexity index is 593. The first-order chi connectivity index (χ1) is 10.0. The van der Waals surface area contributed by atoms with E-state index in [0.717, 1.165) is 22.3 Å². The molecule has 21 heavy (non-hydrogen) atoms. The maximum atomic E-state index is 10.8. The quantitative estimate of drug-likeness (QED) is 0.787. The molecule has 0 fully saturated rings. The van der Waals surface area contributed by atoms with Crippen LogP contribution in [0.15, 0.2) is 22.9 Å². The number of imidazole rings is 1. The number of thiazole rings is 1. The Morgan fingerprint density at radius 1 is 1.48 bits per heavy atom. The number of carbonyl (C=O) groups is 1. The summed E-state index contributed by atoms with van der Waals surface area (Å²) >= 11 is 2.89. The van der Waals surface area contributed by atoms with Crippen molar-refractivity contribution in [3.05, 3.63) is 28.5 Å². The van der Waals surface area contributed by atoms with E-state index in [4.69, 9.17) is 5.11 Å². The molecule has 1 unspecified atom stereocenters. The van der Waals surface area contributed by atoms with E-state index >= 15 is 0 Å². The number of rotatable bonds is 7. The normalized spacial score (nSPS) is 12.8. The van der Waals surface area contributed by atoms with Gasteiger partial charge in [0.15, 0.2) is 5.16 Å². The average Bonchev–Trinajstić information content (AvgIpc) is 3.07. The molecule has 2 aromatic heterocycles. The van der Waals surface area contributed by atoms with Gasteiger partial charge in [-0.3, -0.25) is 4.79 Å². The van der Waals surface area contributed by atoms with Crippen molar-refractivity contribution in [1.29, 1.82) is 0 Å².